The summed E-state index contributed by atoms with van der Waals surface area (Å²) < 4.78 is 7.84. The van der Waals surface area contributed by atoms with E-state index in [0.29, 0.717) is 11.4 Å². The summed E-state index contributed by atoms with van der Waals surface area (Å²) in [5.74, 6) is 0. The fourth-order valence-corrected chi connectivity index (χ4v) is 6.93. The van der Waals surface area contributed by atoms with Gasteiger partial charge in [-0.05, 0) is 15.6 Å². The second-order valence-corrected chi connectivity index (χ2v) is 9.94. The molecule has 3 aromatic carbocycles. The van der Waals surface area contributed by atoms with Gasteiger partial charge in [-0.3, -0.25) is 0 Å². The van der Waals surface area contributed by atoms with Crippen molar-refractivity contribution in [2.24, 2.45) is 12.2 Å². The Morgan fingerprint density at radius 3 is 1.77 bits per heavy atom. The predicted octanol–water partition coefficient (Wildman–Crippen LogP) is 1.70. The average Bonchev–Trinajstić information content (AvgIpc) is 3.18. The number of rotatable bonds is 6. The molecule has 0 unspecified atom stereocenters. The molecule has 0 spiro atoms. The van der Waals surface area contributed by atoms with Crippen LogP contribution in [0.4, 0.5) is 0 Å². The lowest BCUT2D eigenvalue weighted by Gasteiger charge is -2.29. The van der Waals surface area contributed by atoms with Crippen LogP contribution < -0.4 is 15.6 Å². The van der Waals surface area contributed by atoms with Crippen LogP contribution in [0.15, 0.2) is 96.2 Å². The highest BCUT2D eigenvalue weighted by atomic mass is 28.4. The molecule has 0 N–H and O–H groups in total. The van der Waals surface area contributed by atoms with Gasteiger partial charge in [-0.2, -0.15) is 5.26 Å². The topological polar surface area (TPSA) is 76.1 Å². The molecule has 0 aliphatic carbocycles. The van der Waals surface area contributed by atoms with E-state index >= 15 is 0 Å². The SMILES string of the molecule is Cn1nnc(/C=N/O[Si](c2ccccc2)(c2ccccc2)c2ccccc2)c1C#N. The molecule has 0 saturated heterocycles. The lowest BCUT2D eigenvalue weighted by molar-refractivity contribution is 0.351. The minimum Gasteiger partial charge on any atom is -0.438 e. The summed E-state index contributed by atoms with van der Waals surface area (Å²) in [6, 6.07) is 32.5. The lowest BCUT2D eigenvalue weighted by atomic mass is 10.3. The van der Waals surface area contributed by atoms with Crippen molar-refractivity contribution in [2.45, 2.75) is 0 Å². The molecule has 0 amide bonds. The molecule has 4 aromatic rings. The molecule has 0 fully saturated rings. The van der Waals surface area contributed by atoms with Crippen molar-refractivity contribution in [1.29, 1.82) is 5.26 Å². The van der Waals surface area contributed by atoms with Crippen molar-refractivity contribution in [1.82, 2.24) is 15.0 Å². The highest BCUT2D eigenvalue weighted by molar-refractivity contribution is 7.07. The van der Waals surface area contributed by atoms with Crippen LogP contribution in [0.3, 0.4) is 0 Å². The number of benzene rings is 3. The number of hydrogen-bond donors (Lipinski definition) is 0. The maximum absolute atomic E-state index is 9.34. The van der Waals surface area contributed by atoms with Crippen LogP contribution in [0.2, 0.25) is 0 Å². The van der Waals surface area contributed by atoms with E-state index in [1.54, 1.807) is 7.05 Å². The highest BCUT2D eigenvalue weighted by Crippen LogP contribution is 2.10. The number of hydrogen-bond acceptors (Lipinski definition) is 5. The van der Waals surface area contributed by atoms with Gasteiger partial charge in [0.2, 0.25) is 0 Å². The first-order valence-electron chi connectivity index (χ1n) is 9.43. The molecule has 6 nitrogen and oxygen atoms in total. The van der Waals surface area contributed by atoms with Gasteiger partial charge in [-0.25, -0.2) is 4.68 Å². The van der Waals surface area contributed by atoms with Crippen LogP contribution in [0.5, 0.6) is 0 Å². The van der Waals surface area contributed by atoms with Crippen LogP contribution >= 0.6 is 0 Å². The molecule has 0 atom stereocenters. The largest absolute Gasteiger partial charge is 0.438 e. The molecule has 1 aromatic heterocycles. The van der Waals surface area contributed by atoms with Crippen molar-refractivity contribution >= 4 is 30.1 Å². The zero-order valence-corrected chi connectivity index (χ0v) is 17.4. The quantitative estimate of drug-likeness (QED) is 0.210. The van der Waals surface area contributed by atoms with E-state index in [1.165, 1.54) is 10.9 Å². The van der Waals surface area contributed by atoms with Crippen LogP contribution in [0.25, 0.3) is 0 Å². The van der Waals surface area contributed by atoms with E-state index in [1.807, 2.05) is 54.6 Å². The van der Waals surface area contributed by atoms with Gasteiger partial charge >= 0.3 is 8.32 Å². The van der Waals surface area contributed by atoms with Crippen molar-refractivity contribution < 1.29 is 4.53 Å². The van der Waals surface area contributed by atoms with Gasteiger partial charge in [0.25, 0.3) is 0 Å². The van der Waals surface area contributed by atoms with Gasteiger partial charge in [0.15, 0.2) is 5.69 Å². The molecule has 4 rings (SSSR count). The van der Waals surface area contributed by atoms with E-state index in [9.17, 15) is 5.26 Å². The van der Waals surface area contributed by atoms with Crippen molar-refractivity contribution in [3.05, 3.63) is 102 Å². The standard InChI is InChI=1S/C23H19N5OSi/c1-28-23(17-24)22(26-27-28)18-25-29-30(19-11-5-2-6-12-19,20-13-7-3-8-14-20)21-15-9-4-10-16-21/h2-16,18H,1H3/b25-18+. The van der Waals surface area contributed by atoms with Crippen molar-refractivity contribution in [2.75, 3.05) is 0 Å². The van der Waals surface area contributed by atoms with Crippen LogP contribution in [0.1, 0.15) is 11.4 Å². The van der Waals surface area contributed by atoms with Gasteiger partial charge in [-0.15, -0.1) is 10.3 Å². The van der Waals surface area contributed by atoms with E-state index in [2.05, 4.69) is 57.9 Å². The van der Waals surface area contributed by atoms with Gasteiger partial charge in [0.1, 0.15) is 11.8 Å². The summed E-state index contributed by atoms with van der Waals surface area (Å²) >= 11 is 0. The maximum atomic E-state index is 9.34. The van der Waals surface area contributed by atoms with Gasteiger partial charge in [0.05, 0.1) is 6.21 Å². The van der Waals surface area contributed by atoms with Crippen LogP contribution in [0, 0.1) is 11.3 Å². The van der Waals surface area contributed by atoms with E-state index < -0.39 is 8.32 Å². The predicted molar refractivity (Wildman–Crippen MR) is 118 cm³/mol. The Labute approximate surface area is 175 Å². The Balaban J connectivity index is 1.87. The molecule has 1 heterocycles. The van der Waals surface area contributed by atoms with E-state index in [-0.39, 0.29) is 0 Å². The Morgan fingerprint density at radius 1 is 0.867 bits per heavy atom. The van der Waals surface area contributed by atoms with Crippen molar-refractivity contribution in [3.8, 4) is 6.07 Å². The second kappa shape index (κ2) is 8.55. The van der Waals surface area contributed by atoms with E-state index in [4.69, 9.17) is 4.53 Å². The highest BCUT2D eigenvalue weighted by Gasteiger charge is 2.44. The molecule has 0 aliphatic heterocycles. The molecular formula is C23H19N5OSi. The van der Waals surface area contributed by atoms with Crippen LogP contribution in [-0.2, 0) is 11.6 Å². The van der Waals surface area contributed by atoms with Gasteiger partial charge < -0.3 is 4.53 Å². The lowest BCUT2D eigenvalue weighted by Crippen LogP contribution is -2.68. The smallest absolute Gasteiger partial charge is 0.380 e. The summed E-state index contributed by atoms with van der Waals surface area (Å²) in [6.07, 6.45) is 1.46. The summed E-state index contributed by atoms with van der Waals surface area (Å²) in [5, 5.41) is 24.8. The molecule has 7 heteroatoms. The fraction of sp³-hybridized carbons (Fsp3) is 0.0435. The minimum absolute atomic E-state index is 0.328. The number of nitrogens with zero attached hydrogens (tertiary/aromatic N) is 5. The number of oxime groups is 1. The third kappa shape index (κ3) is 3.52. The van der Waals surface area contributed by atoms with Crippen molar-refractivity contribution in [3.63, 3.8) is 0 Å². The Hall–Kier alpha value is -4.02. The minimum atomic E-state index is -2.93. The Kier molecular flexibility index (Phi) is 5.50. The molecule has 0 radical (unpaired) electrons. The normalized spacial score (nSPS) is 11.3. The first-order valence-corrected chi connectivity index (χ1v) is 11.3. The summed E-state index contributed by atoms with van der Waals surface area (Å²) in [7, 11) is -1.27. The second-order valence-electron chi connectivity index (χ2n) is 6.66. The zero-order chi connectivity index (χ0) is 20.8. The van der Waals surface area contributed by atoms with Crippen LogP contribution in [-0.4, -0.2) is 29.5 Å². The molecule has 0 saturated carbocycles. The summed E-state index contributed by atoms with van der Waals surface area (Å²) in [4.78, 5) is 0. The average molecular weight is 410 g/mol. The van der Waals surface area contributed by atoms with Gasteiger partial charge in [0, 0.05) is 7.05 Å². The third-order valence-electron chi connectivity index (χ3n) is 4.86. The molecule has 0 bridgehead atoms. The summed E-state index contributed by atoms with van der Waals surface area (Å²) in [6.45, 7) is 0. The number of aryl methyl sites for hydroxylation is 1. The summed E-state index contributed by atoms with van der Waals surface area (Å²) in [5.41, 5.74) is 0.700. The molecule has 30 heavy (non-hydrogen) atoms. The Morgan fingerprint density at radius 2 is 1.33 bits per heavy atom. The third-order valence-corrected chi connectivity index (χ3v) is 8.68. The monoisotopic (exact) mass is 409 g/mol. The first-order chi connectivity index (χ1) is 14.8. The molecular weight excluding hydrogens is 390 g/mol. The fourth-order valence-electron chi connectivity index (χ4n) is 3.42. The number of aromatic nitrogens is 3. The first kappa shape index (κ1) is 19.3. The molecule has 146 valence electrons. The van der Waals surface area contributed by atoms with E-state index in [0.717, 1.165) is 15.6 Å². The maximum Gasteiger partial charge on any atom is 0.380 e. The zero-order valence-electron chi connectivity index (χ0n) is 16.4. The molecule has 0 aliphatic rings. The van der Waals surface area contributed by atoms with Gasteiger partial charge in [-0.1, -0.05) is 96.2 Å². The number of nitriles is 1. The Bertz CT molecular complexity index is 1090.